The van der Waals surface area contributed by atoms with Crippen LogP contribution in [0.4, 0.5) is 10.1 Å². The lowest BCUT2D eigenvalue weighted by atomic mass is 10.2. The highest BCUT2D eigenvalue weighted by molar-refractivity contribution is 6.30. The van der Waals surface area contributed by atoms with Crippen LogP contribution in [0.15, 0.2) is 36.5 Å². The molecule has 0 aliphatic heterocycles. The molecule has 0 radical (unpaired) electrons. The minimum absolute atomic E-state index is 0.145. The molecule has 1 amide bonds. The van der Waals surface area contributed by atoms with Crippen LogP contribution in [0.25, 0.3) is 0 Å². The molecule has 2 aromatic rings. The van der Waals surface area contributed by atoms with Crippen LogP contribution < -0.4 is 10.1 Å². The van der Waals surface area contributed by atoms with E-state index in [4.69, 9.17) is 16.3 Å². The third kappa shape index (κ3) is 3.45. The Morgan fingerprint density at radius 2 is 2.20 bits per heavy atom. The van der Waals surface area contributed by atoms with Crippen molar-refractivity contribution in [3.05, 3.63) is 53.1 Å². The number of nitrogens with zero attached hydrogens (tertiary/aromatic N) is 1. The standard InChI is InChI=1S/C14H12ClFN2O2/c1-2-20-13-4-3-10(8-11(13)16)18-14(19)12-7-9(15)5-6-17-12/h3-8H,2H2,1H3,(H,18,19). The van der Waals surface area contributed by atoms with Crippen molar-refractivity contribution in [2.75, 3.05) is 11.9 Å². The van der Waals surface area contributed by atoms with Gasteiger partial charge in [0.25, 0.3) is 5.91 Å². The van der Waals surface area contributed by atoms with Crippen molar-refractivity contribution in [3.8, 4) is 5.75 Å². The van der Waals surface area contributed by atoms with Crippen molar-refractivity contribution in [1.29, 1.82) is 0 Å². The van der Waals surface area contributed by atoms with Gasteiger partial charge in [-0.05, 0) is 31.2 Å². The zero-order valence-electron chi connectivity index (χ0n) is 10.7. The number of nitrogens with one attached hydrogen (secondary N) is 1. The van der Waals surface area contributed by atoms with Crippen LogP contribution in [-0.2, 0) is 0 Å². The fraction of sp³-hybridized carbons (Fsp3) is 0.143. The number of amides is 1. The Labute approximate surface area is 120 Å². The third-order valence-electron chi connectivity index (χ3n) is 2.44. The van der Waals surface area contributed by atoms with E-state index in [-0.39, 0.29) is 11.4 Å². The molecule has 1 aromatic carbocycles. The first kappa shape index (κ1) is 14.3. The molecule has 1 aromatic heterocycles. The highest BCUT2D eigenvalue weighted by atomic mass is 35.5. The summed E-state index contributed by atoms with van der Waals surface area (Å²) in [6.45, 7) is 2.13. The first-order valence-corrected chi connectivity index (χ1v) is 6.33. The van der Waals surface area contributed by atoms with Crippen LogP contribution in [0.1, 0.15) is 17.4 Å². The van der Waals surface area contributed by atoms with E-state index in [1.807, 2.05) is 0 Å². The molecule has 0 aliphatic rings. The Morgan fingerprint density at radius 1 is 1.40 bits per heavy atom. The van der Waals surface area contributed by atoms with Crippen LogP contribution in [0.3, 0.4) is 0 Å². The number of carbonyl (C=O) groups is 1. The number of hydrogen-bond acceptors (Lipinski definition) is 3. The maximum Gasteiger partial charge on any atom is 0.274 e. The fourth-order valence-electron chi connectivity index (χ4n) is 1.58. The highest BCUT2D eigenvalue weighted by Crippen LogP contribution is 2.21. The molecule has 104 valence electrons. The van der Waals surface area contributed by atoms with E-state index >= 15 is 0 Å². The molecule has 20 heavy (non-hydrogen) atoms. The van der Waals surface area contributed by atoms with Crippen molar-refractivity contribution >= 4 is 23.2 Å². The zero-order chi connectivity index (χ0) is 14.5. The van der Waals surface area contributed by atoms with Crippen molar-refractivity contribution in [1.82, 2.24) is 4.98 Å². The van der Waals surface area contributed by atoms with Gasteiger partial charge in [-0.15, -0.1) is 0 Å². The first-order valence-electron chi connectivity index (χ1n) is 5.95. The topological polar surface area (TPSA) is 51.2 Å². The number of benzene rings is 1. The van der Waals surface area contributed by atoms with Gasteiger partial charge in [0.2, 0.25) is 0 Å². The molecular weight excluding hydrogens is 283 g/mol. The van der Waals surface area contributed by atoms with Gasteiger partial charge in [0.15, 0.2) is 11.6 Å². The summed E-state index contributed by atoms with van der Waals surface area (Å²) < 4.78 is 18.7. The highest BCUT2D eigenvalue weighted by Gasteiger charge is 2.10. The van der Waals surface area contributed by atoms with E-state index in [1.165, 1.54) is 24.4 Å². The second-order valence-electron chi connectivity index (χ2n) is 3.89. The maximum absolute atomic E-state index is 13.6. The number of rotatable bonds is 4. The summed E-state index contributed by atoms with van der Waals surface area (Å²) in [7, 11) is 0. The normalized spacial score (nSPS) is 10.2. The smallest absolute Gasteiger partial charge is 0.274 e. The van der Waals surface area contributed by atoms with Gasteiger partial charge in [0.1, 0.15) is 5.69 Å². The molecule has 1 N–H and O–H groups in total. The van der Waals surface area contributed by atoms with Gasteiger partial charge in [-0.3, -0.25) is 9.78 Å². The van der Waals surface area contributed by atoms with Crippen molar-refractivity contribution in [2.45, 2.75) is 6.92 Å². The molecule has 0 spiro atoms. The second kappa shape index (κ2) is 6.34. The van der Waals surface area contributed by atoms with Gasteiger partial charge in [0.05, 0.1) is 6.61 Å². The molecule has 4 nitrogen and oxygen atoms in total. The molecule has 0 atom stereocenters. The summed E-state index contributed by atoms with van der Waals surface area (Å²) in [5, 5.41) is 2.95. The minimum Gasteiger partial charge on any atom is -0.491 e. The molecule has 0 aliphatic carbocycles. The van der Waals surface area contributed by atoms with E-state index in [9.17, 15) is 9.18 Å². The molecule has 0 saturated heterocycles. The largest absolute Gasteiger partial charge is 0.491 e. The summed E-state index contributed by atoms with van der Waals surface area (Å²) in [6, 6.07) is 7.19. The lowest BCUT2D eigenvalue weighted by Crippen LogP contribution is -2.13. The Balaban J connectivity index is 2.14. The number of hydrogen-bond donors (Lipinski definition) is 1. The molecule has 2 rings (SSSR count). The fourth-order valence-corrected chi connectivity index (χ4v) is 1.73. The van der Waals surface area contributed by atoms with Crippen LogP contribution >= 0.6 is 11.6 Å². The summed E-state index contributed by atoms with van der Waals surface area (Å²) in [5.74, 6) is -0.855. The Bertz CT molecular complexity index is 634. The Kier molecular flexibility index (Phi) is 4.53. The van der Waals surface area contributed by atoms with Crippen LogP contribution in [0, 0.1) is 5.82 Å². The van der Waals surface area contributed by atoms with Crippen LogP contribution in [0.2, 0.25) is 5.02 Å². The molecule has 1 heterocycles. The second-order valence-corrected chi connectivity index (χ2v) is 4.33. The SMILES string of the molecule is CCOc1ccc(NC(=O)c2cc(Cl)ccn2)cc1F. The molecule has 6 heteroatoms. The van der Waals surface area contributed by atoms with Crippen LogP contribution in [0.5, 0.6) is 5.75 Å². The van der Waals surface area contributed by atoms with E-state index < -0.39 is 11.7 Å². The number of carbonyl (C=O) groups excluding carboxylic acids is 1. The molecule has 0 bridgehead atoms. The summed E-state index contributed by atoms with van der Waals surface area (Å²) in [5.41, 5.74) is 0.476. The summed E-state index contributed by atoms with van der Waals surface area (Å²) >= 11 is 5.78. The van der Waals surface area contributed by atoms with Crippen molar-refractivity contribution in [3.63, 3.8) is 0 Å². The summed E-state index contributed by atoms with van der Waals surface area (Å²) in [4.78, 5) is 15.8. The molecule has 0 saturated carbocycles. The van der Waals surface area contributed by atoms with E-state index in [0.29, 0.717) is 17.3 Å². The average Bonchev–Trinajstić information content (AvgIpc) is 2.42. The zero-order valence-corrected chi connectivity index (χ0v) is 11.4. The van der Waals surface area contributed by atoms with Crippen molar-refractivity contribution < 1.29 is 13.9 Å². The van der Waals surface area contributed by atoms with E-state index in [2.05, 4.69) is 10.3 Å². The number of halogens is 2. The molecule has 0 fully saturated rings. The van der Waals surface area contributed by atoms with Gasteiger partial charge in [-0.25, -0.2) is 4.39 Å². The first-order chi connectivity index (χ1) is 9.60. The lowest BCUT2D eigenvalue weighted by Gasteiger charge is -2.08. The molecular formula is C14H12ClFN2O2. The predicted molar refractivity (Wildman–Crippen MR) is 74.8 cm³/mol. The average molecular weight is 295 g/mol. The number of ether oxygens (including phenoxy) is 1. The monoisotopic (exact) mass is 294 g/mol. The van der Waals surface area contributed by atoms with Gasteiger partial charge in [-0.2, -0.15) is 0 Å². The Morgan fingerprint density at radius 3 is 2.85 bits per heavy atom. The lowest BCUT2D eigenvalue weighted by molar-refractivity contribution is 0.102. The van der Waals surface area contributed by atoms with Gasteiger partial charge in [-0.1, -0.05) is 11.6 Å². The van der Waals surface area contributed by atoms with E-state index in [1.54, 1.807) is 19.1 Å². The van der Waals surface area contributed by atoms with Crippen molar-refractivity contribution in [2.24, 2.45) is 0 Å². The van der Waals surface area contributed by atoms with Gasteiger partial charge >= 0.3 is 0 Å². The quantitative estimate of drug-likeness (QED) is 0.938. The third-order valence-corrected chi connectivity index (χ3v) is 2.68. The van der Waals surface area contributed by atoms with Gasteiger partial charge in [0, 0.05) is 23.0 Å². The number of aromatic nitrogens is 1. The van der Waals surface area contributed by atoms with Crippen LogP contribution in [-0.4, -0.2) is 17.5 Å². The maximum atomic E-state index is 13.6. The number of anilines is 1. The molecule has 0 unspecified atom stereocenters. The Hall–Kier alpha value is -2.14. The van der Waals surface area contributed by atoms with E-state index in [0.717, 1.165) is 0 Å². The summed E-state index contributed by atoms with van der Waals surface area (Å²) in [6.07, 6.45) is 1.43. The minimum atomic E-state index is -0.538. The number of pyridine rings is 1. The predicted octanol–water partition coefficient (Wildman–Crippen LogP) is 3.53. The van der Waals surface area contributed by atoms with Gasteiger partial charge < -0.3 is 10.1 Å².